The third-order valence-corrected chi connectivity index (χ3v) is 2.67. The predicted molar refractivity (Wildman–Crippen MR) is 67.7 cm³/mol. The molecule has 90 valence electrons. The number of hydrogen-bond acceptors (Lipinski definition) is 3. The fraction of sp³-hybridized carbons (Fsp3) is 0.385. The highest BCUT2D eigenvalue weighted by atomic mass is 15.2. The predicted octanol–water partition coefficient (Wildman–Crippen LogP) is 1.19. The average Bonchev–Trinajstić information content (AvgIpc) is 2.76. The maximum absolute atomic E-state index is 4.33. The standard InChI is InChI=1S/C13H18N4/c1-17-11-6-13(16-17)5-10-15-9-4-12-2-7-14-8-3-12/h2-3,6-8,11,15H,4-5,9-10H2,1H3. The van der Waals surface area contributed by atoms with Crippen molar-refractivity contribution in [1.29, 1.82) is 0 Å². The molecule has 17 heavy (non-hydrogen) atoms. The number of pyridine rings is 1. The molecule has 0 bridgehead atoms. The fourth-order valence-electron chi connectivity index (χ4n) is 1.72. The summed E-state index contributed by atoms with van der Waals surface area (Å²) < 4.78 is 1.84. The van der Waals surface area contributed by atoms with E-state index >= 15 is 0 Å². The van der Waals surface area contributed by atoms with Crippen molar-refractivity contribution in [3.63, 3.8) is 0 Å². The van der Waals surface area contributed by atoms with Gasteiger partial charge in [0, 0.05) is 38.6 Å². The summed E-state index contributed by atoms with van der Waals surface area (Å²) in [5, 5.41) is 7.76. The molecule has 4 nitrogen and oxygen atoms in total. The Balaban J connectivity index is 1.61. The van der Waals surface area contributed by atoms with Gasteiger partial charge >= 0.3 is 0 Å². The number of hydrogen-bond donors (Lipinski definition) is 1. The summed E-state index contributed by atoms with van der Waals surface area (Å²) in [6.45, 7) is 1.97. The van der Waals surface area contributed by atoms with Gasteiger partial charge in [-0.25, -0.2) is 0 Å². The lowest BCUT2D eigenvalue weighted by atomic mass is 10.2. The molecule has 0 unspecified atom stereocenters. The van der Waals surface area contributed by atoms with Crippen molar-refractivity contribution in [2.24, 2.45) is 7.05 Å². The first-order valence-electron chi connectivity index (χ1n) is 5.93. The van der Waals surface area contributed by atoms with Gasteiger partial charge in [-0.3, -0.25) is 9.67 Å². The second-order valence-electron chi connectivity index (χ2n) is 4.09. The van der Waals surface area contributed by atoms with Crippen LogP contribution in [0.2, 0.25) is 0 Å². The van der Waals surface area contributed by atoms with Crippen molar-refractivity contribution in [3.8, 4) is 0 Å². The van der Waals surface area contributed by atoms with Crippen molar-refractivity contribution < 1.29 is 0 Å². The highest BCUT2D eigenvalue weighted by Gasteiger charge is 1.96. The Kier molecular flexibility index (Phi) is 4.27. The van der Waals surface area contributed by atoms with E-state index in [0.717, 1.165) is 31.6 Å². The van der Waals surface area contributed by atoms with Crippen LogP contribution in [-0.4, -0.2) is 27.9 Å². The van der Waals surface area contributed by atoms with Crippen molar-refractivity contribution >= 4 is 0 Å². The van der Waals surface area contributed by atoms with Gasteiger partial charge in [0.05, 0.1) is 5.69 Å². The molecule has 0 spiro atoms. The summed E-state index contributed by atoms with van der Waals surface area (Å²) in [5.41, 5.74) is 2.47. The van der Waals surface area contributed by atoms with Gasteiger partial charge in [-0.1, -0.05) is 0 Å². The van der Waals surface area contributed by atoms with Gasteiger partial charge in [0.1, 0.15) is 0 Å². The van der Waals surface area contributed by atoms with Crippen LogP contribution in [0, 0.1) is 0 Å². The van der Waals surface area contributed by atoms with Crippen LogP contribution in [0.3, 0.4) is 0 Å². The summed E-state index contributed by atoms with van der Waals surface area (Å²) in [5.74, 6) is 0. The monoisotopic (exact) mass is 230 g/mol. The molecule has 0 amide bonds. The number of aryl methyl sites for hydroxylation is 1. The Hall–Kier alpha value is -1.68. The summed E-state index contributed by atoms with van der Waals surface area (Å²) in [6.07, 6.45) is 7.68. The molecule has 0 saturated carbocycles. The van der Waals surface area contributed by atoms with Crippen LogP contribution in [0.1, 0.15) is 11.3 Å². The highest BCUT2D eigenvalue weighted by Crippen LogP contribution is 1.97. The summed E-state index contributed by atoms with van der Waals surface area (Å²) >= 11 is 0. The zero-order valence-electron chi connectivity index (χ0n) is 10.1. The molecule has 0 radical (unpaired) electrons. The van der Waals surface area contributed by atoms with Gasteiger partial charge in [-0.15, -0.1) is 0 Å². The van der Waals surface area contributed by atoms with Crippen LogP contribution < -0.4 is 5.32 Å². The van der Waals surface area contributed by atoms with Gasteiger partial charge in [0.25, 0.3) is 0 Å². The SMILES string of the molecule is Cn1ccc(CCNCCc2ccncc2)n1. The van der Waals surface area contributed by atoms with E-state index in [4.69, 9.17) is 0 Å². The van der Waals surface area contributed by atoms with Crippen LogP contribution >= 0.6 is 0 Å². The van der Waals surface area contributed by atoms with Crippen LogP contribution in [0.4, 0.5) is 0 Å². The Morgan fingerprint density at radius 3 is 2.59 bits per heavy atom. The third-order valence-electron chi connectivity index (χ3n) is 2.67. The molecule has 0 saturated heterocycles. The highest BCUT2D eigenvalue weighted by molar-refractivity contribution is 5.09. The molecule has 0 fully saturated rings. The normalized spacial score (nSPS) is 10.6. The number of nitrogens with one attached hydrogen (secondary N) is 1. The fourth-order valence-corrected chi connectivity index (χ4v) is 1.72. The van der Waals surface area contributed by atoms with Crippen LogP contribution in [-0.2, 0) is 19.9 Å². The maximum Gasteiger partial charge on any atom is 0.0637 e. The van der Waals surface area contributed by atoms with Crippen molar-refractivity contribution in [1.82, 2.24) is 20.1 Å². The van der Waals surface area contributed by atoms with Crippen molar-refractivity contribution in [2.75, 3.05) is 13.1 Å². The molecule has 0 aliphatic rings. The topological polar surface area (TPSA) is 42.7 Å². The van der Waals surface area contributed by atoms with Gasteiger partial charge in [0.15, 0.2) is 0 Å². The largest absolute Gasteiger partial charge is 0.316 e. The number of rotatable bonds is 6. The molecule has 0 aromatic carbocycles. The van der Waals surface area contributed by atoms with E-state index in [1.54, 1.807) is 0 Å². The molecule has 1 N–H and O–H groups in total. The second kappa shape index (κ2) is 6.15. The zero-order chi connectivity index (χ0) is 11.9. The summed E-state index contributed by atoms with van der Waals surface area (Å²) in [7, 11) is 1.94. The molecule has 0 aliphatic carbocycles. The Labute approximate surface area is 102 Å². The van der Waals surface area contributed by atoms with E-state index in [-0.39, 0.29) is 0 Å². The smallest absolute Gasteiger partial charge is 0.0637 e. The van der Waals surface area contributed by atoms with Gasteiger partial charge in [0.2, 0.25) is 0 Å². The van der Waals surface area contributed by atoms with Crippen LogP contribution in [0.25, 0.3) is 0 Å². The van der Waals surface area contributed by atoms with Gasteiger partial charge in [-0.2, -0.15) is 5.10 Å². The van der Waals surface area contributed by atoms with Crippen molar-refractivity contribution in [2.45, 2.75) is 12.8 Å². The minimum absolute atomic E-state index is 0.974. The molecule has 2 heterocycles. The van der Waals surface area contributed by atoms with E-state index in [1.807, 2.05) is 30.3 Å². The Morgan fingerprint density at radius 2 is 1.88 bits per heavy atom. The lowest BCUT2D eigenvalue weighted by Crippen LogP contribution is -2.20. The average molecular weight is 230 g/mol. The zero-order valence-corrected chi connectivity index (χ0v) is 10.1. The summed E-state index contributed by atoms with van der Waals surface area (Å²) in [6, 6.07) is 6.17. The second-order valence-corrected chi connectivity index (χ2v) is 4.09. The summed E-state index contributed by atoms with van der Waals surface area (Å²) in [4.78, 5) is 4.00. The molecule has 2 rings (SSSR count). The van der Waals surface area contributed by atoms with Gasteiger partial charge < -0.3 is 5.32 Å². The minimum atomic E-state index is 0.974. The van der Waals surface area contributed by atoms with Gasteiger partial charge in [-0.05, 0) is 36.7 Å². The molecule has 2 aromatic rings. The lowest BCUT2D eigenvalue weighted by Gasteiger charge is -2.03. The maximum atomic E-state index is 4.33. The van der Waals surface area contributed by atoms with E-state index in [2.05, 4.69) is 33.6 Å². The molecular formula is C13H18N4. The van der Waals surface area contributed by atoms with Crippen LogP contribution in [0.15, 0.2) is 36.8 Å². The lowest BCUT2D eigenvalue weighted by molar-refractivity contribution is 0.662. The van der Waals surface area contributed by atoms with E-state index in [9.17, 15) is 0 Å². The number of nitrogens with zero attached hydrogens (tertiary/aromatic N) is 3. The van der Waals surface area contributed by atoms with E-state index in [1.165, 1.54) is 5.56 Å². The minimum Gasteiger partial charge on any atom is -0.316 e. The van der Waals surface area contributed by atoms with E-state index in [0.29, 0.717) is 0 Å². The molecule has 0 atom stereocenters. The van der Waals surface area contributed by atoms with Crippen molar-refractivity contribution in [3.05, 3.63) is 48.0 Å². The Bertz CT molecular complexity index is 436. The third kappa shape index (κ3) is 4.00. The molecule has 0 aliphatic heterocycles. The number of aromatic nitrogens is 3. The van der Waals surface area contributed by atoms with Crippen LogP contribution in [0.5, 0.6) is 0 Å². The molecule has 2 aromatic heterocycles. The molecule has 4 heteroatoms. The Morgan fingerprint density at radius 1 is 1.12 bits per heavy atom. The molecular weight excluding hydrogens is 212 g/mol. The first-order valence-corrected chi connectivity index (χ1v) is 5.93. The van der Waals surface area contributed by atoms with E-state index < -0.39 is 0 Å². The first kappa shape index (κ1) is 11.8. The first-order chi connectivity index (χ1) is 8.34. The quantitative estimate of drug-likeness (QED) is 0.758.